The van der Waals surface area contributed by atoms with E-state index in [4.69, 9.17) is 21.4 Å². The third-order valence-electron chi connectivity index (χ3n) is 1.37. The number of benzene rings is 1. The van der Waals surface area contributed by atoms with Gasteiger partial charge in [-0.25, -0.2) is 4.79 Å². The van der Waals surface area contributed by atoms with Crippen LogP contribution in [0.3, 0.4) is 0 Å². The fraction of sp³-hybridized carbons (Fsp3) is 0. The highest BCUT2D eigenvalue weighted by Gasteiger charge is 2.09. The van der Waals surface area contributed by atoms with Crippen LogP contribution >= 0.6 is 0 Å². The molecule has 0 aliphatic rings. The molecule has 0 amide bonds. The number of para-hydroxylation sites is 1. The molecule has 0 saturated heterocycles. The maximum atomic E-state index is 10.7. The number of aromatic carboxylic acids is 1. The van der Waals surface area contributed by atoms with Crippen molar-refractivity contribution in [3.8, 4) is 5.75 Å². The van der Waals surface area contributed by atoms with Gasteiger partial charge in [-0.2, -0.15) is 0 Å². The van der Waals surface area contributed by atoms with Crippen LogP contribution in [-0.4, -0.2) is 17.0 Å². The maximum absolute atomic E-state index is 10.7. The van der Waals surface area contributed by atoms with Gasteiger partial charge in [0.1, 0.15) is 5.56 Å². The molecule has 0 radical (unpaired) electrons. The summed E-state index contributed by atoms with van der Waals surface area (Å²) in [5.74, 6) is -1.29. The molecule has 0 saturated carbocycles. The molecule has 1 aromatic rings. The molecule has 0 aliphatic heterocycles. The Morgan fingerprint density at radius 3 is 2.57 bits per heavy atom. The van der Waals surface area contributed by atoms with Gasteiger partial charge in [-0.15, -0.1) is 0 Å². The monoisotopic (exact) mass is 195 g/mol. The second-order valence-corrected chi connectivity index (χ2v) is 2.41. The molecule has 74 valence electrons. The molecule has 0 unspecified atom stereocenters. The topological polar surface area (TPSA) is 111 Å². The van der Waals surface area contributed by atoms with E-state index in [-0.39, 0.29) is 17.3 Å². The van der Waals surface area contributed by atoms with E-state index >= 15 is 0 Å². The van der Waals surface area contributed by atoms with Crippen molar-refractivity contribution in [3.63, 3.8) is 0 Å². The second kappa shape index (κ2) is 4.13. The van der Waals surface area contributed by atoms with Crippen LogP contribution in [0.2, 0.25) is 0 Å². The van der Waals surface area contributed by atoms with Crippen molar-refractivity contribution >= 4 is 11.9 Å². The highest BCUT2D eigenvalue weighted by Crippen LogP contribution is 2.17. The van der Waals surface area contributed by atoms with E-state index in [0.29, 0.717) is 0 Å². The molecule has 0 spiro atoms. The highest BCUT2D eigenvalue weighted by atomic mass is 16.6. The van der Waals surface area contributed by atoms with Gasteiger partial charge in [-0.3, -0.25) is 0 Å². The lowest BCUT2D eigenvalue weighted by Gasteiger charge is -2.02. The molecule has 6 heteroatoms. The van der Waals surface area contributed by atoms with Gasteiger partial charge in [0.15, 0.2) is 5.75 Å². The molecular formula is C8H9N3O3. The molecule has 1 rings (SSSR count). The Morgan fingerprint density at radius 1 is 1.36 bits per heavy atom. The summed E-state index contributed by atoms with van der Waals surface area (Å²) in [5.41, 5.74) is 10.0. The summed E-state index contributed by atoms with van der Waals surface area (Å²) < 4.78 is 0. The van der Waals surface area contributed by atoms with Crippen LogP contribution in [0.1, 0.15) is 10.4 Å². The number of guanidine groups is 1. The Balaban J connectivity index is 2.96. The molecule has 14 heavy (non-hydrogen) atoms. The molecular weight excluding hydrogens is 186 g/mol. The molecule has 0 heterocycles. The lowest BCUT2D eigenvalue weighted by atomic mass is 10.2. The van der Waals surface area contributed by atoms with Gasteiger partial charge in [-0.1, -0.05) is 12.1 Å². The zero-order valence-corrected chi connectivity index (χ0v) is 7.18. The van der Waals surface area contributed by atoms with Crippen molar-refractivity contribution in [1.29, 1.82) is 0 Å². The van der Waals surface area contributed by atoms with Crippen molar-refractivity contribution in [1.82, 2.24) is 0 Å². The number of hydrogen-bond acceptors (Lipinski definition) is 3. The van der Waals surface area contributed by atoms with Crippen molar-refractivity contribution in [2.75, 3.05) is 0 Å². The number of nitrogens with two attached hydrogens (primary N) is 2. The van der Waals surface area contributed by atoms with Crippen LogP contribution in [0, 0.1) is 0 Å². The van der Waals surface area contributed by atoms with Crippen LogP contribution < -0.4 is 16.3 Å². The van der Waals surface area contributed by atoms with Gasteiger partial charge in [-0.05, 0) is 17.3 Å². The number of oxime groups is 1. The Bertz CT molecular complexity index is 372. The number of hydrogen-bond donors (Lipinski definition) is 3. The number of carboxylic acids is 1. The summed E-state index contributed by atoms with van der Waals surface area (Å²) in [6, 6.07) is 6.03. The fourth-order valence-corrected chi connectivity index (χ4v) is 0.825. The van der Waals surface area contributed by atoms with E-state index in [9.17, 15) is 4.79 Å². The zero-order valence-electron chi connectivity index (χ0n) is 7.18. The Labute approximate surface area is 79.8 Å². The van der Waals surface area contributed by atoms with E-state index in [0.717, 1.165) is 0 Å². The standard InChI is InChI=1S/C8H9N3O3/c9-8(10)11-14-6-4-2-1-3-5(6)7(12)13/h1-4H,(H,12,13)(H4,9,10,11). The fourth-order valence-electron chi connectivity index (χ4n) is 0.825. The minimum Gasteiger partial charge on any atom is -0.478 e. The zero-order chi connectivity index (χ0) is 10.6. The molecule has 1 aromatic carbocycles. The van der Waals surface area contributed by atoms with E-state index in [2.05, 4.69) is 5.16 Å². The average molecular weight is 195 g/mol. The highest BCUT2D eigenvalue weighted by molar-refractivity contribution is 5.90. The van der Waals surface area contributed by atoms with Crippen LogP contribution in [0.5, 0.6) is 5.75 Å². The largest absolute Gasteiger partial charge is 0.478 e. The predicted octanol–water partition coefficient (Wildman–Crippen LogP) is -0.0480. The van der Waals surface area contributed by atoms with Crippen LogP contribution in [0.25, 0.3) is 0 Å². The number of rotatable bonds is 3. The van der Waals surface area contributed by atoms with Crippen molar-refractivity contribution in [2.24, 2.45) is 16.6 Å². The van der Waals surface area contributed by atoms with Gasteiger partial charge in [0.25, 0.3) is 0 Å². The molecule has 6 nitrogen and oxygen atoms in total. The number of nitrogens with zero attached hydrogens (tertiary/aromatic N) is 1. The molecule has 0 aromatic heterocycles. The first-order valence-electron chi connectivity index (χ1n) is 3.69. The molecule has 0 bridgehead atoms. The van der Waals surface area contributed by atoms with Gasteiger partial charge >= 0.3 is 5.97 Å². The first-order chi connectivity index (χ1) is 6.61. The van der Waals surface area contributed by atoms with Gasteiger partial charge in [0, 0.05) is 0 Å². The lowest BCUT2D eigenvalue weighted by molar-refractivity contribution is 0.0692. The van der Waals surface area contributed by atoms with E-state index in [1.165, 1.54) is 12.1 Å². The Morgan fingerprint density at radius 2 is 2.00 bits per heavy atom. The summed E-state index contributed by atoms with van der Waals surface area (Å²) >= 11 is 0. The van der Waals surface area contributed by atoms with Crippen LogP contribution in [0.15, 0.2) is 29.4 Å². The number of carbonyl (C=O) groups is 1. The summed E-state index contributed by atoms with van der Waals surface area (Å²) in [5, 5.41) is 12.0. The number of carboxylic acid groups (broad SMARTS) is 1. The first-order valence-corrected chi connectivity index (χ1v) is 3.69. The Kier molecular flexibility index (Phi) is 2.90. The first kappa shape index (κ1) is 9.85. The van der Waals surface area contributed by atoms with Gasteiger partial charge < -0.3 is 21.4 Å². The summed E-state index contributed by atoms with van der Waals surface area (Å²) in [7, 11) is 0. The van der Waals surface area contributed by atoms with E-state index in [1.807, 2.05) is 0 Å². The minimum atomic E-state index is -1.11. The van der Waals surface area contributed by atoms with E-state index in [1.54, 1.807) is 12.1 Å². The average Bonchev–Trinajstić information content (AvgIpc) is 2.15. The van der Waals surface area contributed by atoms with Crippen LogP contribution in [-0.2, 0) is 0 Å². The van der Waals surface area contributed by atoms with E-state index < -0.39 is 5.97 Å². The summed E-state index contributed by atoms with van der Waals surface area (Å²) in [6.45, 7) is 0. The molecule has 0 atom stereocenters. The molecule has 0 aliphatic carbocycles. The van der Waals surface area contributed by atoms with Gasteiger partial charge in [0.2, 0.25) is 5.96 Å². The third kappa shape index (κ3) is 2.37. The van der Waals surface area contributed by atoms with Crippen molar-refractivity contribution < 1.29 is 14.7 Å². The summed E-state index contributed by atoms with van der Waals surface area (Å²) in [6.07, 6.45) is 0. The summed E-state index contributed by atoms with van der Waals surface area (Å²) in [4.78, 5) is 15.4. The second-order valence-electron chi connectivity index (χ2n) is 2.41. The quantitative estimate of drug-likeness (QED) is 0.356. The maximum Gasteiger partial charge on any atom is 0.339 e. The molecule has 5 N–H and O–H groups in total. The minimum absolute atomic E-state index is 0.00231. The van der Waals surface area contributed by atoms with Crippen molar-refractivity contribution in [3.05, 3.63) is 29.8 Å². The SMILES string of the molecule is NC(N)=NOc1ccccc1C(=O)O. The van der Waals surface area contributed by atoms with Crippen LogP contribution in [0.4, 0.5) is 0 Å². The lowest BCUT2D eigenvalue weighted by Crippen LogP contribution is -2.23. The van der Waals surface area contributed by atoms with Gasteiger partial charge in [0.05, 0.1) is 0 Å². The van der Waals surface area contributed by atoms with Crippen molar-refractivity contribution in [2.45, 2.75) is 0 Å². The predicted molar refractivity (Wildman–Crippen MR) is 49.8 cm³/mol. The Hall–Kier alpha value is -2.24. The normalized spacial score (nSPS) is 9.14. The molecule has 0 fully saturated rings. The third-order valence-corrected chi connectivity index (χ3v) is 1.37. The smallest absolute Gasteiger partial charge is 0.339 e.